The number of hydrogen-bond acceptors (Lipinski definition) is 4. The van der Waals surface area contributed by atoms with Gasteiger partial charge in [-0.1, -0.05) is 45.0 Å². The Morgan fingerprint density at radius 3 is 2.57 bits per heavy atom. The smallest absolute Gasteiger partial charge is 0.295 e. The van der Waals surface area contributed by atoms with Gasteiger partial charge < -0.3 is 14.7 Å². The lowest BCUT2D eigenvalue weighted by Crippen LogP contribution is -2.30. The van der Waals surface area contributed by atoms with Crippen molar-refractivity contribution < 1.29 is 19.4 Å². The Kier molecular flexibility index (Phi) is 5.37. The number of carbonyl (C=O) groups excluding carboxylic acids is 2. The molecule has 0 spiro atoms. The molecule has 1 N–H and O–H groups in total. The average Bonchev–Trinajstić information content (AvgIpc) is 3.31. The Bertz CT molecular complexity index is 1020. The molecule has 0 aromatic heterocycles. The van der Waals surface area contributed by atoms with E-state index in [1.54, 1.807) is 11.0 Å². The molecule has 0 radical (unpaired) electrons. The van der Waals surface area contributed by atoms with E-state index in [2.05, 4.69) is 13.8 Å². The number of ether oxygens (including phenoxy) is 1. The number of rotatable bonds is 5. The summed E-state index contributed by atoms with van der Waals surface area (Å²) in [4.78, 5) is 27.3. The van der Waals surface area contributed by atoms with E-state index in [0.29, 0.717) is 24.6 Å². The molecular formula is C25H27NO4. The van der Waals surface area contributed by atoms with Crippen LogP contribution in [0.1, 0.15) is 61.4 Å². The fourth-order valence-corrected chi connectivity index (χ4v) is 4.25. The highest BCUT2D eigenvalue weighted by atomic mass is 16.5. The van der Waals surface area contributed by atoms with E-state index in [-0.39, 0.29) is 11.3 Å². The van der Waals surface area contributed by atoms with Gasteiger partial charge in [-0.15, -0.1) is 0 Å². The number of likely N-dealkylation sites (tertiary alicyclic amines) is 1. The van der Waals surface area contributed by atoms with Gasteiger partial charge in [0.15, 0.2) is 0 Å². The van der Waals surface area contributed by atoms with Gasteiger partial charge in [0.25, 0.3) is 11.7 Å². The Balaban J connectivity index is 1.83. The van der Waals surface area contributed by atoms with Crippen molar-refractivity contribution in [2.75, 3.05) is 13.2 Å². The summed E-state index contributed by atoms with van der Waals surface area (Å²) in [6, 6.07) is 12.8. The topological polar surface area (TPSA) is 66.8 Å². The van der Waals surface area contributed by atoms with Crippen LogP contribution in [0.15, 0.2) is 48.0 Å². The normalized spacial score (nSPS) is 20.0. The zero-order valence-corrected chi connectivity index (χ0v) is 17.6. The number of fused-ring (bicyclic) bond motifs is 1. The number of benzene rings is 2. The summed E-state index contributed by atoms with van der Waals surface area (Å²) in [7, 11) is 0. The predicted octanol–water partition coefficient (Wildman–Crippen LogP) is 4.58. The maximum absolute atomic E-state index is 13.0. The van der Waals surface area contributed by atoms with Gasteiger partial charge in [0.05, 0.1) is 18.2 Å². The molecule has 4 rings (SSSR count). The van der Waals surface area contributed by atoms with Crippen LogP contribution in [0.25, 0.3) is 5.76 Å². The summed E-state index contributed by atoms with van der Waals surface area (Å²) >= 11 is 0. The lowest BCUT2D eigenvalue weighted by Gasteiger charge is -2.25. The Morgan fingerprint density at radius 1 is 1.17 bits per heavy atom. The van der Waals surface area contributed by atoms with Crippen molar-refractivity contribution in [1.29, 1.82) is 0 Å². The SMILES string of the molecule is CCCN1C(=O)C(=O)/C(=C(\O)c2ccc3c(c2)CCO3)C1c1ccc(C(C)C)cc1. The fraction of sp³-hybridized carbons (Fsp3) is 0.360. The molecule has 5 nitrogen and oxygen atoms in total. The standard InChI is InChI=1S/C25H27NO4/c1-4-12-26-22(17-7-5-16(6-8-17)15(2)3)21(24(28)25(26)29)23(27)19-9-10-20-18(14-19)11-13-30-20/h5-10,14-15,22,27H,4,11-13H2,1-3H3/b23-21-. The molecule has 156 valence electrons. The van der Waals surface area contributed by atoms with Crippen LogP contribution < -0.4 is 4.74 Å². The monoisotopic (exact) mass is 405 g/mol. The molecule has 2 aromatic carbocycles. The second-order valence-corrected chi connectivity index (χ2v) is 8.23. The molecule has 1 atom stereocenters. The largest absolute Gasteiger partial charge is 0.507 e. The van der Waals surface area contributed by atoms with Crippen LogP contribution in [0.4, 0.5) is 0 Å². The second-order valence-electron chi connectivity index (χ2n) is 8.23. The maximum atomic E-state index is 13.0. The molecule has 0 bridgehead atoms. The summed E-state index contributed by atoms with van der Waals surface area (Å²) in [5.41, 5.74) is 3.71. The number of hydrogen-bond donors (Lipinski definition) is 1. The van der Waals surface area contributed by atoms with E-state index < -0.39 is 17.7 Å². The van der Waals surface area contributed by atoms with Crippen LogP contribution in [-0.2, 0) is 16.0 Å². The van der Waals surface area contributed by atoms with Crippen molar-refractivity contribution in [2.24, 2.45) is 0 Å². The van der Waals surface area contributed by atoms with Crippen molar-refractivity contribution in [2.45, 2.75) is 45.6 Å². The Morgan fingerprint density at radius 2 is 1.90 bits per heavy atom. The zero-order chi connectivity index (χ0) is 21.4. The Hall–Kier alpha value is -3.08. The minimum absolute atomic E-state index is 0.125. The van der Waals surface area contributed by atoms with Crippen LogP contribution in [-0.4, -0.2) is 34.8 Å². The van der Waals surface area contributed by atoms with Crippen LogP contribution in [0.5, 0.6) is 5.75 Å². The maximum Gasteiger partial charge on any atom is 0.295 e. The first kappa shape index (κ1) is 20.2. The molecule has 5 heteroatoms. The highest BCUT2D eigenvalue weighted by Crippen LogP contribution is 2.40. The average molecular weight is 405 g/mol. The van der Waals surface area contributed by atoms with Crippen LogP contribution in [0.2, 0.25) is 0 Å². The Labute approximate surface area is 177 Å². The number of Topliss-reactive ketones (excluding diaryl/α,β-unsaturated/α-hetero) is 1. The van der Waals surface area contributed by atoms with Gasteiger partial charge in [-0.3, -0.25) is 9.59 Å². The number of aliphatic hydroxyl groups excluding tert-OH is 1. The third kappa shape index (κ3) is 3.38. The van der Waals surface area contributed by atoms with E-state index in [1.807, 2.05) is 43.3 Å². The van der Waals surface area contributed by atoms with E-state index in [0.717, 1.165) is 29.7 Å². The predicted molar refractivity (Wildman–Crippen MR) is 115 cm³/mol. The molecule has 2 aliphatic rings. The summed E-state index contributed by atoms with van der Waals surface area (Å²) in [5, 5.41) is 11.1. The molecule has 0 aliphatic carbocycles. The molecule has 2 aliphatic heterocycles. The van der Waals surface area contributed by atoms with Gasteiger partial charge in [-0.05, 0) is 47.2 Å². The molecule has 1 amide bonds. The number of nitrogens with zero attached hydrogens (tertiary/aromatic N) is 1. The van der Waals surface area contributed by atoms with Crippen LogP contribution >= 0.6 is 0 Å². The molecule has 30 heavy (non-hydrogen) atoms. The van der Waals surface area contributed by atoms with Gasteiger partial charge in [0.2, 0.25) is 0 Å². The third-order valence-corrected chi connectivity index (χ3v) is 5.89. The van der Waals surface area contributed by atoms with Crippen molar-refractivity contribution in [1.82, 2.24) is 4.90 Å². The fourth-order valence-electron chi connectivity index (χ4n) is 4.25. The number of aliphatic hydroxyl groups is 1. The molecule has 1 fully saturated rings. The first-order valence-corrected chi connectivity index (χ1v) is 10.6. The van der Waals surface area contributed by atoms with E-state index >= 15 is 0 Å². The second kappa shape index (κ2) is 7.98. The van der Waals surface area contributed by atoms with Gasteiger partial charge >= 0.3 is 0 Å². The summed E-state index contributed by atoms with van der Waals surface area (Å²) in [6.07, 6.45) is 1.49. The van der Waals surface area contributed by atoms with E-state index in [9.17, 15) is 14.7 Å². The zero-order valence-electron chi connectivity index (χ0n) is 17.6. The van der Waals surface area contributed by atoms with E-state index in [4.69, 9.17) is 4.74 Å². The highest BCUT2D eigenvalue weighted by molar-refractivity contribution is 6.46. The summed E-state index contributed by atoms with van der Waals surface area (Å²) in [5.74, 6) is -0.121. The highest BCUT2D eigenvalue weighted by Gasteiger charge is 2.45. The van der Waals surface area contributed by atoms with Crippen LogP contribution in [0.3, 0.4) is 0 Å². The molecular weight excluding hydrogens is 378 g/mol. The lowest BCUT2D eigenvalue weighted by molar-refractivity contribution is -0.139. The summed E-state index contributed by atoms with van der Waals surface area (Å²) in [6.45, 7) is 7.28. The first-order valence-electron chi connectivity index (χ1n) is 10.6. The van der Waals surface area contributed by atoms with Crippen molar-refractivity contribution in [3.63, 3.8) is 0 Å². The molecule has 2 heterocycles. The lowest BCUT2D eigenvalue weighted by atomic mass is 9.93. The molecule has 2 aromatic rings. The van der Waals surface area contributed by atoms with Gasteiger partial charge in [-0.25, -0.2) is 0 Å². The molecule has 1 unspecified atom stereocenters. The number of amides is 1. The minimum atomic E-state index is -0.629. The van der Waals surface area contributed by atoms with Gasteiger partial charge in [-0.2, -0.15) is 0 Å². The van der Waals surface area contributed by atoms with Crippen molar-refractivity contribution in [3.05, 3.63) is 70.3 Å². The number of ketones is 1. The summed E-state index contributed by atoms with van der Waals surface area (Å²) < 4.78 is 5.54. The first-order chi connectivity index (χ1) is 14.4. The minimum Gasteiger partial charge on any atom is -0.507 e. The third-order valence-electron chi connectivity index (χ3n) is 5.89. The van der Waals surface area contributed by atoms with Gasteiger partial charge in [0, 0.05) is 18.5 Å². The molecule has 1 saturated heterocycles. The quantitative estimate of drug-likeness (QED) is 0.449. The molecule has 0 saturated carbocycles. The van der Waals surface area contributed by atoms with Crippen molar-refractivity contribution >= 4 is 17.4 Å². The number of carbonyl (C=O) groups is 2. The van der Waals surface area contributed by atoms with Crippen molar-refractivity contribution in [3.8, 4) is 5.75 Å². The van der Waals surface area contributed by atoms with Crippen LogP contribution in [0, 0.1) is 0 Å². The van der Waals surface area contributed by atoms with E-state index in [1.165, 1.54) is 5.56 Å². The van der Waals surface area contributed by atoms with Gasteiger partial charge in [0.1, 0.15) is 11.5 Å².